The molecule has 0 bridgehead atoms. The summed E-state index contributed by atoms with van der Waals surface area (Å²) in [6, 6.07) is 5.79. The second kappa shape index (κ2) is 4.53. The Kier molecular flexibility index (Phi) is 3.31. The van der Waals surface area contributed by atoms with Crippen LogP contribution in [0.4, 0.5) is 5.69 Å². The molecule has 0 aliphatic carbocycles. The molecule has 1 amide bonds. The molecule has 0 aromatic heterocycles. The van der Waals surface area contributed by atoms with Gasteiger partial charge in [-0.1, -0.05) is 19.9 Å². The number of rotatable bonds is 2. The lowest BCUT2D eigenvalue weighted by Crippen LogP contribution is -2.50. The van der Waals surface area contributed by atoms with Crippen molar-refractivity contribution >= 4 is 11.6 Å². The van der Waals surface area contributed by atoms with Crippen LogP contribution in [0, 0.1) is 5.92 Å². The Bertz CT molecular complexity index is 509. The molecule has 4 heteroatoms. The number of carbonyl (C=O) groups is 1. The molecule has 1 aliphatic heterocycles. The minimum atomic E-state index is -0.816. The standard InChI is InChI=1S/C15H22N2O2/c1-9(2)13(16)10-6-7-12-11(8-10)17(5)14(18)15(3,4)19-12/h6-9,13H,16H2,1-5H3. The SMILES string of the molecule is CC(C)C(N)c1ccc2c(c1)N(C)C(=O)C(C)(C)O2. The van der Waals surface area contributed by atoms with Gasteiger partial charge in [-0.2, -0.15) is 0 Å². The van der Waals surface area contributed by atoms with E-state index in [0.29, 0.717) is 5.92 Å². The third-order valence-electron chi connectivity index (χ3n) is 3.63. The Balaban J connectivity index is 2.44. The molecule has 2 N–H and O–H groups in total. The predicted octanol–water partition coefficient (Wildman–Crippen LogP) is 2.48. The van der Waals surface area contributed by atoms with E-state index in [9.17, 15) is 4.79 Å². The zero-order valence-electron chi connectivity index (χ0n) is 12.2. The summed E-state index contributed by atoms with van der Waals surface area (Å²) >= 11 is 0. The second-order valence-corrected chi connectivity index (χ2v) is 5.97. The van der Waals surface area contributed by atoms with Gasteiger partial charge >= 0.3 is 0 Å². The molecule has 19 heavy (non-hydrogen) atoms. The number of fused-ring (bicyclic) bond motifs is 1. The fourth-order valence-corrected chi connectivity index (χ4v) is 2.31. The molecule has 0 saturated carbocycles. The maximum absolute atomic E-state index is 12.2. The maximum atomic E-state index is 12.2. The number of nitrogens with two attached hydrogens (primary N) is 1. The van der Waals surface area contributed by atoms with E-state index in [1.54, 1.807) is 25.8 Å². The van der Waals surface area contributed by atoms with Crippen LogP contribution >= 0.6 is 0 Å². The fourth-order valence-electron chi connectivity index (χ4n) is 2.31. The van der Waals surface area contributed by atoms with Crippen molar-refractivity contribution < 1.29 is 9.53 Å². The molecule has 2 rings (SSSR count). The number of carbonyl (C=O) groups excluding carboxylic acids is 1. The average molecular weight is 262 g/mol. The van der Waals surface area contributed by atoms with Crippen LogP contribution in [0.25, 0.3) is 0 Å². The van der Waals surface area contributed by atoms with Gasteiger partial charge in [-0.05, 0) is 37.5 Å². The van der Waals surface area contributed by atoms with Gasteiger partial charge < -0.3 is 15.4 Å². The van der Waals surface area contributed by atoms with E-state index in [2.05, 4.69) is 13.8 Å². The number of nitrogens with zero attached hydrogens (tertiary/aromatic N) is 1. The van der Waals surface area contributed by atoms with E-state index >= 15 is 0 Å². The first-order valence-corrected chi connectivity index (χ1v) is 6.60. The summed E-state index contributed by atoms with van der Waals surface area (Å²) in [5.74, 6) is 1.03. The van der Waals surface area contributed by atoms with Gasteiger partial charge in [0.15, 0.2) is 5.60 Å². The first kappa shape index (κ1) is 13.9. The molecule has 1 aliphatic rings. The van der Waals surface area contributed by atoms with Crippen LogP contribution in [-0.2, 0) is 4.79 Å². The molecule has 1 unspecified atom stereocenters. The van der Waals surface area contributed by atoms with Gasteiger partial charge in [0.25, 0.3) is 5.91 Å². The number of hydrogen-bond donors (Lipinski definition) is 1. The minimum absolute atomic E-state index is 0.0382. The summed E-state index contributed by atoms with van der Waals surface area (Å²) in [5, 5.41) is 0. The van der Waals surface area contributed by atoms with Crippen LogP contribution in [0.5, 0.6) is 5.75 Å². The van der Waals surface area contributed by atoms with Gasteiger partial charge in [-0.25, -0.2) is 0 Å². The Morgan fingerprint density at radius 2 is 1.95 bits per heavy atom. The molecular weight excluding hydrogens is 240 g/mol. The van der Waals surface area contributed by atoms with Gasteiger partial charge in [0, 0.05) is 13.1 Å². The fraction of sp³-hybridized carbons (Fsp3) is 0.533. The van der Waals surface area contributed by atoms with Crippen LogP contribution in [0.3, 0.4) is 0 Å². The highest BCUT2D eigenvalue weighted by atomic mass is 16.5. The van der Waals surface area contributed by atoms with Gasteiger partial charge in [-0.15, -0.1) is 0 Å². The predicted molar refractivity (Wildman–Crippen MR) is 76.3 cm³/mol. The van der Waals surface area contributed by atoms with E-state index in [1.807, 2.05) is 18.2 Å². The lowest BCUT2D eigenvalue weighted by molar-refractivity contribution is -0.132. The highest BCUT2D eigenvalue weighted by molar-refractivity contribution is 6.01. The highest BCUT2D eigenvalue weighted by Gasteiger charge is 2.39. The first-order chi connectivity index (χ1) is 8.74. The monoisotopic (exact) mass is 262 g/mol. The number of amides is 1. The zero-order chi connectivity index (χ0) is 14.4. The summed E-state index contributed by atoms with van der Waals surface area (Å²) in [4.78, 5) is 13.8. The van der Waals surface area contributed by atoms with E-state index < -0.39 is 5.60 Å². The van der Waals surface area contributed by atoms with Crippen LogP contribution in [-0.4, -0.2) is 18.6 Å². The Morgan fingerprint density at radius 1 is 1.32 bits per heavy atom. The van der Waals surface area contributed by atoms with E-state index in [1.165, 1.54) is 0 Å². The first-order valence-electron chi connectivity index (χ1n) is 6.60. The second-order valence-electron chi connectivity index (χ2n) is 5.97. The summed E-state index contributed by atoms with van der Waals surface area (Å²) in [7, 11) is 1.77. The van der Waals surface area contributed by atoms with Crippen LogP contribution < -0.4 is 15.4 Å². The topological polar surface area (TPSA) is 55.6 Å². The van der Waals surface area contributed by atoms with Crippen LogP contribution in [0.2, 0.25) is 0 Å². The van der Waals surface area contributed by atoms with Crippen molar-refractivity contribution in [2.45, 2.75) is 39.3 Å². The van der Waals surface area contributed by atoms with Crippen LogP contribution in [0.15, 0.2) is 18.2 Å². The average Bonchev–Trinajstić information content (AvgIpc) is 2.34. The Morgan fingerprint density at radius 3 is 2.53 bits per heavy atom. The van der Waals surface area contributed by atoms with Crippen molar-refractivity contribution in [3.05, 3.63) is 23.8 Å². The molecule has 0 saturated heterocycles. The van der Waals surface area contributed by atoms with E-state index in [4.69, 9.17) is 10.5 Å². The minimum Gasteiger partial charge on any atom is -0.476 e. The molecular formula is C15H22N2O2. The lowest BCUT2D eigenvalue weighted by Gasteiger charge is -2.37. The maximum Gasteiger partial charge on any atom is 0.270 e. The van der Waals surface area contributed by atoms with Crippen LogP contribution in [0.1, 0.15) is 39.3 Å². The van der Waals surface area contributed by atoms with Crippen molar-refractivity contribution in [2.75, 3.05) is 11.9 Å². The molecule has 1 heterocycles. The summed E-state index contributed by atoms with van der Waals surface area (Å²) in [6.45, 7) is 7.72. The summed E-state index contributed by atoms with van der Waals surface area (Å²) in [5.41, 5.74) is 7.16. The molecule has 0 spiro atoms. The van der Waals surface area contributed by atoms with E-state index in [-0.39, 0.29) is 11.9 Å². The van der Waals surface area contributed by atoms with Crippen molar-refractivity contribution in [1.82, 2.24) is 0 Å². The van der Waals surface area contributed by atoms with Crippen molar-refractivity contribution in [2.24, 2.45) is 11.7 Å². The molecule has 1 aromatic rings. The summed E-state index contributed by atoms with van der Waals surface area (Å²) < 4.78 is 5.77. The Labute approximate surface area is 114 Å². The number of hydrogen-bond acceptors (Lipinski definition) is 3. The molecule has 1 aromatic carbocycles. The molecule has 0 fully saturated rings. The molecule has 4 nitrogen and oxygen atoms in total. The van der Waals surface area contributed by atoms with Crippen molar-refractivity contribution in [3.8, 4) is 5.75 Å². The molecule has 0 radical (unpaired) electrons. The van der Waals surface area contributed by atoms with Gasteiger partial charge in [0.2, 0.25) is 0 Å². The third-order valence-corrected chi connectivity index (χ3v) is 3.63. The number of likely N-dealkylation sites (N-methyl/N-ethyl adjacent to an activating group) is 1. The van der Waals surface area contributed by atoms with Crippen molar-refractivity contribution in [3.63, 3.8) is 0 Å². The lowest BCUT2D eigenvalue weighted by atomic mass is 9.95. The quantitative estimate of drug-likeness (QED) is 0.890. The summed E-state index contributed by atoms with van der Waals surface area (Å²) in [6.07, 6.45) is 0. The highest BCUT2D eigenvalue weighted by Crippen LogP contribution is 2.38. The zero-order valence-corrected chi connectivity index (χ0v) is 12.2. The number of benzene rings is 1. The van der Waals surface area contributed by atoms with Crippen molar-refractivity contribution in [1.29, 1.82) is 0 Å². The largest absolute Gasteiger partial charge is 0.476 e. The molecule has 1 atom stereocenters. The van der Waals surface area contributed by atoms with Gasteiger partial charge in [0.1, 0.15) is 5.75 Å². The van der Waals surface area contributed by atoms with E-state index in [0.717, 1.165) is 17.0 Å². The van der Waals surface area contributed by atoms with Gasteiger partial charge in [-0.3, -0.25) is 4.79 Å². The van der Waals surface area contributed by atoms with Gasteiger partial charge in [0.05, 0.1) is 5.69 Å². The smallest absolute Gasteiger partial charge is 0.270 e. The third kappa shape index (κ3) is 2.32. The number of anilines is 1. The normalized spacial score (nSPS) is 19.1. The molecule has 104 valence electrons. The Hall–Kier alpha value is -1.55. The number of ether oxygens (including phenoxy) is 1.